The van der Waals surface area contributed by atoms with Crippen LogP contribution in [0.2, 0.25) is 0 Å². The van der Waals surface area contributed by atoms with Crippen molar-refractivity contribution in [2.75, 3.05) is 7.11 Å². The number of aryl methyl sites for hydroxylation is 2. The van der Waals surface area contributed by atoms with Crippen LogP contribution in [-0.4, -0.2) is 24.3 Å². The van der Waals surface area contributed by atoms with Crippen LogP contribution in [0.5, 0.6) is 11.5 Å². The molecule has 0 unspecified atom stereocenters. The van der Waals surface area contributed by atoms with Crippen LogP contribution in [-0.2, 0) is 16.1 Å². The Bertz CT molecular complexity index is 829. The highest BCUT2D eigenvalue weighted by Crippen LogP contribution is 2.30. The second-order valence-corrected chi connectivity index (χ2v) is 5.54. The van der Waals surface area contributed by atoms with Crippen molar-refractivity contribution in [2.24, 2.45) is 0 Å². The van der Waals surface area contributed by atoms with Crippen LogP contribution in [0.1, 0.15) is 29.5 Å². The molecule has 0 aliphatic rings. The molecule has 136 valence electrons. The maximum absolute atomic E-state index is 11.6. The zero-order valence-electron chi connectivity index (χ0n) is 15.1. The average Bonchev–Trinajstić information content (AvgIpc) is 2.96. The quantitative estimate of drug-likeness (QED) is 0.554. The van der Waals surface area contributed by atoms with E-state index in [4.69, 9.17) is 24.0 Å². The number of methoxy groups -OCH3 is 1. The number of carbonyl (C=O) groups is 1. The maximum Gasteiger partial charge on any atom is 0.332 e. The second kappa shape index (κ2) is 8.72. The summed E-state index contributed by atoms with van der Waals surface area (Å²) in [6.45, 7) is 5.49. The number of nitriles is 1. The second-order valence-electron chi connectivity index (χ2n) is 5.54. The van der Waals surface area contributed by atoms with Crippen molar-refractivity contribution < 1.29 is 23.5 Å². The molecule has 2 rings (SSSR count). The summed E-state index contributed by atoms with van der Waals surface area (Å²) in [5.41, 5.74) is 2.41. The number of rotatable bonds is 7. The van der Waals surface area contributed by atoms with Gasteiger partial charge in [0.2, 0.25) is 0 Å². The molecule has 26 heavy (non-hydrogen) atoms. The molecule has 1 aromatic heterocycles. The Balaban J connectivity index is 2.07. The van der Waals surface area contributed by atoms with E-state index < -0.39 is 12.1 Å². The maximum atomic E-state index is 11.6. The monoisotopic (exact) mass is 356 g/mol. The fourth-order valence-corrected chi connectivity index (χ4v) is 2.17. The fourth-order valence-electron chi connectivity index (χ4n) is 2.17. The minimum Gasteiger partial charge on any atom is -0.493 e. The lowest BCUT2D eigenvalue weighted by molar-refractivity contribution is -0.139. The van der Waals surface area contributed by atoms with Gasteiger partial charge in [0.1, 0.15) is 18.4 Å². The van der Waals surface area contributed by atoms with Crippen molar-refractivity contribution in [3.63, 3.8) is 0 Å². The van der Waals surface area contributed by atoms with Crippen molar-refractivity contribution in [1.29, 1.82) is 5.26 Å². The largest absolute Gasteiger partial charge is 0.493 e. The molecule has 0 fully saturated rings. The summed E-state index contributed by atoms with van der Waals surface area (Å²) in [4.78, 5) is 11.6. The molecule has 2 aromatic rings. The first-order valence-electron chi connectivity index (χ1n) is 7.95. The Morgan fingerprint density at radius 3 is 2.77 bits per heavy atom. The topological polar surface area (TPSA) is 94.6 Å². The van der Waals surface area contributed by atoms with Gasteiger partial charge in [-0.15, -0.1) is 0 Å². The zero-order valence-corrected chi connectivity index (χ0v) is 15.1. The summed E-state index contributed by atoms with van der Waals surface area (Å²) in [5, 5.41) is 12.5. The summed E-state index contributed by atoms with van der Waals surface area (Å²) in [6.07, 6.45) is 2.04. The third-order valence-corrected chi connectivity index (χ3v) is 3.63. The van der Waals surface area contributed by atoms with Crippen molar-refractivity contribution in [3.8, 4) is 17.6 Å². The molecule has 0 N–H and O–H groups in total. The summed E-state index contributed by atoms with van der Waals surface area (Å²) < 4.78 is 21.1. The first kappa shape index (κ1) is 19.1. The molecule has 1 heterocycles. The molecule has 1 aromatic carbocycles. The number of ether oxygens (including phenoxy) is 3. The van der Waals surface area contributed by atoms with Gasteiger partial charge >= 0.3 is 5.97 Å². The first-order chi connectivity index (χ1) is 12.4. The molecule has 0 aliphatic heterocycles. The zero-order chi connectivity index (χ0) is 19.1. The number of aromatic nitrogens is 1. The van der Waals surface area contributed by atoms with Gasteiger partial charge in [0.25, 0.3) is 0 Å². The normalized spacial score (nSPS) is 11.8. The molecular weight excluding hydrogens is 336 g/mol. The minimum atomic E-state index is -0.790. The van der Waals surface area contributed by atoms with E-state index in [1.54, 1.807) is 24.3 Å². The van der Waals surface area contributed by atoms with E-state index in [2.05, 4.69) is 5.16 Å². The minimum absolute atomic E-state index is 0.311. The smallest absolute Gasteiger partial charge is 0.332 e. The highest BCUT2D eigenvalue weighted by atomic mass is 16.5. The van der Waals surface area contributed by atoms with Gasteiger partial charge in [0.05, 0.1) is 18.4 Å². The summed E-state index contributed by atoms with van der Waals surface area (Å²) >= 11 is 0. The lowest BCUT2D eigenvalue weighted by Gasteiger charge is -2.11. The number of esters is 1. The Hall–Kier alpha value is -3.27. The van der Waals surface area contributed by atoms with E-state index in [1.165, 1.54) is 20.1 Å². The van der Waals surface area contributed by atoms with E-state index in [9.17, 15) is 4.79 Å². The van der Waals surface area contributed by atoms with Crippen LogP contribution in [0.25, 0.3) is 6.08 Å². The lowest BCUT2D eigenvalue weighted by Crippen LogP contribution is -2.10. The molecular formula is C19H20N2O5. The number of hydrogen-bond acceptors (Lipinski definition) is 7. The van der Waals surface area contributed by atoms with Gasteiger partial charge in [0.15, 0.2) is 17.6 Å². The predicted octanol–water partition coefficient (Wildman–Crippen LogP) is 3.35. The van der Waals surface area contributed by atoms with Crippen LogP contribution in [0.3, 0.4) is 0 Å². The van der Waals surface area contributed by atoms with Gasteiger partial charge in [-0.1, -0.05) is 11.2 Å². The highest BCUT2D eigenvalue weighted by Gasteiger charge is 2.12. The van der Waals surface area contributed by atoms with Gasteiger partial charge in [-0.2, -0.15) is 5.26 Å². The highest BCUT2D eigenvalue weighted by molar-refractivity contribution is 5.87. The van der Waals surface area contributed by atoms with Crippen molar-refractivity contribution in [1.82, 2.24) is 5.16 Å². The third-order valence-electron chi connectivity index (χ3n) is 3.63. The summed E-state index contributed by atoms with van der Waals surface area (Å²) in [7, 11) is 1.54. The van der Waals surface area contributed by atoms with Crippen molar-refractivity contribution >= 4 is 12.0 Å². The summed E-state index contributed by atoms with van der Waals surface area (Å²) in [5.74, 6) is 1.21. The molecule has 0 spiro atoms. The molecule has 7 heteroatoms. The van der Waals surface area contributed by atoms with E-state index in [0.717, 1.165) is 16.8 Å². The molecule has 0 radical (unpaired) electrons. The number of carbonyl (C=O) groups excluding carboxylic acids is 1. The first-order valence-corrected chi connectivity index (χ1v) is 7.95. The fraction of sp³-hybridized carbons (Fsp3) is 0.316. The Labute approximate surface area is 151 Å². The van der Waals surface area contributed by atoms with Crippen LogP contribution in [0.15, 0.2) is 28.8 Å². The molecule has 0 saturated heterocycles. The molecule has 0 aliphatic carbocycles. The number of nitrogens with zero attached hydrogens (tertiary/aromatic N) is 2. The molecule has 0 bridgehead atoms. The van der Waals surface area contributed by atoms with E-state index in [1.807, 2.05) is 19.9 Å². The van der Waals surface area contributed by atoms with Crippen LogP contribution in [0.4, 0.5) is 0 Å². The van der Waals surface area contributed by atoms with Gasteiger partial charge in [-0.25, -0.2) is 4.79 Å². The van der Waals surface area contributed by atoms with Crippen LogP contribution < -0.4 is 9.47 Å². The van der Waals surface area contributed by atoms with Crippen molar-refractivity contribution in [3.05, 3.63) is 46.9 Å². The van der Waals surface area contributed by atoms with Gasteiger partial charge in [-0.3, -0.25) is 0 Å². The Kier molecular flexibility index (Phi) is 6.39. The van der Waals surface area contributed by atoms with E-state index in [0.29, 0.717) is 23.9 Å². The Morgan fingerprint density at radius 2 is 2.15 bits per heavy atom. The SMILES string of the molecule is COc1cc(/C=C/C(=O)O[C@@H](C)C#N)ccc1OCc1c(C)noc1C. The number of hydrogen-bond donors (Lipinski definition) is 0. The number of benzene rings is 1. The van der Waals surface area contributed by atoms with Gasteiger partial charge in [-0.05, 0) is 44.5 Å². The van der Waals surface area contributed by atoms with E-state index in [-0.39, 0.29) is 0 Å². The third kappa shape index (κ3) is 4.86. The Morgan fingerprint density at radius 1 is 1.38 bits per heavy atom. The van der Waals surface area contributed by atoms with Crippen LogP contribution in [0, 0.1) is 25.2 Å². The standard InChI is InChI=1S/C19H20N2O5/c1-12(10-20)25-19(22)8-6-15-5-7-17(18(9-15)23-4)24-11-16-13(2)21-26-14(16)3/h5-9,12H,11H2,1-4H3/b8-6+/t12-/m0/s1. The van der Waals surface area contributed by atoms with Gasteiger partial charge in [0, 0.05) is 6.08 Å². The molecule has 1 atom stereocenters. The van der Waals surface area contributed by atoms with Crippen LogP contribution >= 0.6 is 0 Å². The van der Waals surface area contributed by atoms with Crippen molar-refractivity contribution in [2.45, 2.75) is 33.5 Å². The predicted molar refractivity (Wildman–Crippen MR) is 93.5 cm³/mol. The van der Waals surface area contributed by atoms with Gasteiger partial charge < -0.3 is 18.7 Å². The average molecular weight is 356 g/mol. The molecule has 0 amide bonds. The molecule has 0 saturated carbocycles. The van der Waals surface area contributed by atoms with E-state index >= 15 is 0 Å². The molecule has 7 nitrogen and oxygen atoms in total. The summed E-state index contributed by atoms with van der Waals surface area (Å²) in [6, 6.07) is 7.10. The lowest BCUT2D eigenvalue weighted by atomic mass is 10.2.